The second-order valence-electron chi connectivity index (χ2n) is 5.02. The first kappa shape index (κ1) is 15.8. The highest BCUT2D eigenvalue weighted by Crippen LogP contribution is 2.22. The molecule has 1 aromatic heterocycles. The van der Waals surface area contributed by atoms with Gasteiger partial charge in [-0.05, 0) is 38.5 Å². The van der Waals surface area contributed by atoms with E-state index in [2.05, 4.69) is 20.8 Å². The Morgan fingerprint density at radius 2 is 2.14 bits per heavy atom. The molecule has 3 N–H and O–H groups in total. The number of urea groups is 1. The monoisotopic (exact) mass is 306 g/mol. The van der Waals surface area contributed by atoms with Gasteiger partial charge in [0.25, 0.3) is 0 Å². The first-order chi connectivity index (χ1) is 10.4. The van der Waals surface area contributed by atoms with Gasteiger partial charge >= 0.3 is 6.03 Å². The number of nitrogens with one attached hydrogen (secondary N) is 3. The molecule has 0 saturated carbocycles. The molecule has 0 bridgehead atoms. The standard InChI is InChI=1S/C15H19FN4O2/c1-8(11-5-6-13(22-4)12(16)7-11)17-15(21)18-14-9(2)19-20-10(14)3/h5-8H,1-4H3,(H,19,20)(H2,17,18,21)/t8-/m1/s1. The lowest BCUT2D eigenvalue weighted by Gasteiger charge is -2.16. The maximum Gasteiger partial charge on any atom is 0.319 e. The fraction of sp³-hybridized carbons (Fsp3) is 0.333. The number of hydrogen-bond acceptors (Lipinski definition) is 3. The van der Waals surface area contributed by atoms with Crippen LogP contribution in [0.4, 0.5) is 14.9 Å². The third-order valence-electron chi connectivity index (χ3n) is 3.39. The molecule has 2 amide bonds. The van der Waals surface area contributed by atoms with Crippen LogP contribution >= 0.6 is 0 Å². The minimum atomic E-state index is -0.462. The van der Waals surface area contributed by atoms with Crippen molar-refractivity contribution in [3.05, 3.63) is 41.0 Å². The van der Waals surface area contributed by atoms with Crippen molar-refractivity contribution in [2.75, 3.05) is 12.4 Å². The van der Waals surface area contributed by atoms with Gasteiger partial charge in [-0.1, -0.05) is 6.07 Å². The maximum absolute atomic E-state index is 13.7. The number of aromatic nitrogens is 2. The van der Waals surface area contributed by atoms with Crippen LogP contribution in [0.1, 0.15) is 29.9 Å². The fourth-order valence-electron chi connectivity index (χ4n) is 2.12. The minimum absolute atomic E-state index is 0.171. The molecule has 2 aromatic rings. The normalized spacial score (nSPS) is 11.9. The maximum atomic E-state index is 13.7. The summed E-state index contributed by atoms with van der Waals surface area (Å²) < 4.78 is 18.6. The summed E-state index contributed by atoms with van der Waals surface area (Å²) in [6, 6.07) is 3.86. The third-order valence-corrected chi connectivity index (χ3v) is 3.39. The molecule has 22 heavy (non-hydrogen) atoms. The number of benzene rings is 1. The number of carbonyl (C=O) groups is 1. The molecule has 2 rings (SSSR count). The Kier molecular flexibility index (Phi) is 4.65. The van der Waals surface area contributed by atoms with E-state index in [1.807, 2.05) is 6.92 Å². The predicted octanol–water partition coefficient (Wildman–Crippen LogP) is 3.06. The van der Waals surface area contributed by atoms with Gasteiger partial charge in [-0.2, -0.15) is 5.10 Å². The van der Waals surface area contributed by atoms with Gasteiger partial charge in [-0.15, -0.1) is 0 Å². The summed E-state index contributed by atoms with van der Waals surface area (Å²) in [6.07, 6.45) is 0. The van der Waals surface area contributed by atoms with Crippen LogP contribution < -0.4 is 15.4 Å². The number of rotatable bonds is 4. The molecule has 1 atom stereocenters. The third kappa shape index (κ3) is 3.36. The Bertz CT molecular complexity index is 665. The molecule has 1 aromatic carbocycles. The zero-order valence-corrected chi connectivity index (χ0v) is 13.0. The molecule has 1 heterocycles. The summed E-state index contributed by atoms with van der Waals surface area (Å²) in [5.41, 5.74) is 2.77. The topological polar surface area (TPSA) is 79.0 Å². The van der Waals surface area contributed by atoms with Crippen LogP contribution in [0.25, 0.3) is 0 Å². The second kappa shape index (κ2) is 6.46. The molecule has 0 aliphatic rings. The number of anilines is 1. The van der Waals surface area contributed by atoms with Crippen LogP contribution in [-0.2, 0) is 0 Å². The number of methoxy groups -OCH3 is 1. The molecule has 0 unspecified atom stereocenters. The van der Waals surface area contributed by atoms with Gasteiger partial charge in [0.05, 0.1) is 30.2 Å². The van der Waals surface area contributed by atoms with Crippen molar-refractivity contribution >= 4 is 11.7 Å². The van der Waals surface area contributed by atoms with Crippen LogP contribution in [0.15, 0.2) is 18.2 Å². The lowest BCUT2D eigenvalue weighted by Crippen LogP contribution is -2.31. The molecule has 118 valence electrons. The van der Waals surface area contributed by atoms with Gasteiger partial charge in [0.15, 0.2) is 11.6 Å². The fourth-order valence-corrected chi connectivity index (χ4v) is 2.12. The van der Waals surface area contributed by atoms with Gasteiger partial charge in [0.1, 0.15) is 0 Å². The first-order valence-electron chi connectivity index (χ1n) is 6.85. The smallest absolute Gasteiger partial charge is 0.319 e. The van der Waals surface area contributed by atoms with E-state index in [1.165, 1.54) is 19.2 Å². The molecule has 7 heteroatoms. The molecule has 0 spiro atoms. The number of aromatic amines is 1. The number of hydrogen-bond donors (Lipinski definition) is 3. The van der Waals surface area contributed by atoms with E-state index in [4.69, 9.17) is 4.74 Å². The quantitative estimate of drug-likeness (QED) is 0.812. The van der Waals surface area contributed by atoms with Crippen molar-refractivity contribution < 1.29 is 13.9 Å². The Labute approximate surface area is 128 Å². The zero-order valence-electron chi connectivity index (χ0n) is 13.0. The van der Waals surface area contributed by atoms with E-state index < -0.39 is 5.82 Å². The van der Waals surface area contributed by atoms with Crippen molar-refractivity contribution in [1.82, 2.24) is 15.5 Å². The molecular weight excluding hydrogens is 287 g/mol. The highest BCUT2D eigenvalue weighted by Gasteiger charge is 2.14. The highest BCUT2D eigenvalue weighted by atomic mass is 19.1. The number of aryl methyl sites for hydroxylation is 2. The van der Waals surface area contributed by atoms with Crippen molar-refractivity contribution in [1.29, 1.82) is 0 Å². The molecule has 0 saturated heterocycles. The number of amides is 2. The summed E-state index contributed by atoms with van der Waals surface area (Å²) >= 11 is 0. The summed E-state index contributed by atoms with van der Waals surface area (Å²) in [5.74, 6) is -0.291. The van der Waals surface area contributed by atoms with E-state index in [-0.39, 0.29) is 17.8 Å². The number of ether oxygens (including phenoxy) is 1. The zero-order chi connectivity index (χ0) is 16.3. The Balaban J connectivity index is 2.04. The summed E-state index contributed by atoms with van der Waals surface area (Å²) in [6.45, 7) is 5.38. The van der Waals surface area contributed by atoms with E-state index in [0.717, 1.165) is 5.69 Å². The van der Waals surface area contributed by atoms with Gasteiger partial charge in [-0.25, -0.2) is 9.18 Å². The molecule has 0 radical (unpaired) electrons. The van der Waals surface area contributed by atoms with Crippen LogP contribution in [0.5, 0.6) is 5.75 Å². The van der Waals surface area contributed by atoms with Gasteiger partial charge in [0, 0.05) is 0 Å². The van der Waals surface area contributed by atoms with E-state index in [1.54, 1.807) is 19.9 Å². The lowest BCUT2D eigenvalue weighted by atomic mass is 10.1. The lowest BCUT2D eigenvalue weighted by molar-refractivity contribution is 0.249. The summed E-state index contributed by atoms with van der Waals surface area (Å²) in [4.78, 5) is 12.0. The number of nitrogens with zero attached hydrogens (tertiary/aromatic N) is 1. The first-order valence-corrected chi connectivity index (χ1v) is 6.85. The SMILES string of the molecule is COc1ccc([C@@H](C)NC(=O)Nc2c(C)n[nH]c2C)cc1F. The Hall–Kier alpha value is -2.57. The van der Waals surface area contributed by atoms with Gasteiger partial charge in [-0.3, -0.25) is 5.10 Å². The van der Waals surface area contributed by atoms with Crippen LogP contribution in [0.2, 0.25) is 0 Å². The molecule has 0 aliphatic carbocycles. The Morgan fingerprint density at radius 1 is 1.41 bits per heavy atom. The van der Waals surface area contributed by atoms with Crippen LogP contribution in [0, 0.1) is 19.7 Å². The molecule has 0 aliphatic heterocycles. The molecular formula is C15H19FN4O2. The van der Waals surface area contributed by atoms with Crippen molar-refractivity contribution in [2.24, 2.45) is 0 Å². The number of H-pyrrole nitrogens is 1. The average molecular weight is 306 g/mol. The largest absolute Gasteiger partial charge is 0.494 e. The van der Waals surface area contributed by atoms with E-state index >= 15 is 0 Å². The van der Waals surface area contributed by atoms with Crippen LogP contribution in [-0.4, -0.2) is 23.3 Å². The number of halogens is 1. The van der Waals surface area contributed by atoms with Crippen LogP contribution in [0.3, 0.4) is 0 Å². The Morgan fingerprint density at radius 3 is 2.68 bits per heavy atom. The van der Waals surface area contributed by atoms with Gasteiger partial charge < -0.3 is 15.4 Å². The minimum Gasteiger partial charge on any atom is -0.494 e. The van der Waals surface area contributed by atoms with E-state index in [9.17, 15) is 9.18 Å². The van der Waals surface area contributed by atoms with Crippen molar-refractivity contribution in [3.8, 4) is 5.75 Å². The van der Waals surface area contributed by atoms with Crippen molar-refractivity contribution in [3.63, 3.8) is 0 Å². The second-order valence-corrected chi connectivity index (χ2v) is 5.02. The highest BCUT2D eigenvalue weighted by molar-refractivity contribution is 5.90. The molecule has 6 nitrogen and oxygen atoms in total. The summed E-state index contributed by atoms with van der Waals surface area (Å²) in [7, 11) is 1.41. The van der Waals surface area contributed by atoms with Gasteiger partial charge in [0.2, 0.25) is 0 Å². The predicted molar refractivity (Wildman–Crippen MR) is 81.6 cm³/mol. The van der Waals surface area contributed by atoms with E-state index in [0.29, 0.717) is 16.9 Å². The summed E-state index contributed by atoms with van der Waals surface area (Å²) in [5, 5.41) is 12.3. The number of carbonyl (C=O) groups excluding carboxylic acids is 1. The average Bonchev–Trinajstić information content (AvgIpc) is 2.79. The van der Waals surface area contributed by atoms with Crippen molar-refractivity contribution in [2.45, 2.75) is 26.8 Å². The molecule has 0 fully saturated rings.